The minimum Gasteiger partial charge on any atom is -0.338 e. The van der Waals surface area contributed by atoms with Crippen LogP contribution < -0.4 is 0 Å². The van der Waals surface area contributed by atoms with Gasteiger partial charge in [0.15, 0.2) is 11.0 Å². The van der Waals surface area contributed by atoms with Crippen molar-refractivity contribution >= 4 is 29.3 Å². The number of halogens is 2. The zero-order chi connectivity index (χ0) is 21.0. The smallest absolute Gasteiger partial charge is 0.233 e. The van der Waals surface area contributed by atoms with Gasteiger partial charge in [0.25, 0.3) is 0 Å². The van der Waals surface area contributed by atoms with Gasteiger partial charge in [0.05, 0.1) is 11.8 Å². The maximum atomic E-state index is 13.1. The van der Waals surface area contributed by atoms with Gasteiger partial charge in [-0.05, 0) is 43.7 Å². The molecular formula is C21H22ClFN4OS. The lowest BCUT2D eigenvalue weighted by Gasteiger charge is -2.25. The van der Waals surface area contributed by atoms with Crippen LogP contribution in [0, 0.1) is 5.82 Å². The first-order valence-electron chi connectivity index (χ1n) is 9.23. The molecule has 0 spiro atoms. The molecule has 0 bridgehead atoms. The van der Waals surface area contributed by atoms with Gasteiger partial charge in [0.2, 0.25) is 5.91 Å². The Bertz CT molecular complexity index is 993. The minimum atomic E-state index is -0.292. The Kier molecular flexibility index (Phi) is 6.92. The quantitative estimate of drug-likeness (QED) is 0.489. The monoisotopic (exact) mass is 432 g/mol. The number of rotatable bonds is 7. The second kappa shape index (κ2) is 9.41. The van der Waals surface area contributed by atoms with Crippen LogP contribution in [0.1, 0.15) is 25.5 Å². The first kappa shape index (κ1) is 21.3. The molecule has 152 valence electrons. The Morgan fingerprint density at radius 1 is 1.24 bits per heavy atom. The van der Waals surface area contributed by atoms with Crippen LogP contribution in [0.3, 0.4) is 0 Å². The molecule has 0 aliphatic carbocycles. The third-order valence-electron chi connectivity index (χ3n) is 4.77. The van der Waals surface area contributed by atoms with Gasteiger partial charge < -0.3 is 9.47 Å². The Labute approximate surface area is 178 Å². The van der Waals surface area contributed by atoms with E-state index in [9.17, 15) is 9.18 Å². The number of nitrogens with zero attached hydrogens (tertiary/aromatic N) is 4. The Hall–Kier alpha value is -2.38. The second-order valence-corrected chi connectivity index (χ2v) is 7.96. The summed E-state index contributed by atoms with van der Waals surface area (Å²) >= 11 is 7.44. The zero-order valence-electron chi connectivity index (χ0n) is 16.5. The SMILES string of the molecule is CCn1c(SCC(=O)N(C)C(C)c2ccc(F)cc2)nnc1-c1cccc(Cl)c1. The van der Waals surface area contributed by atoms with E-state index in [0.29, 0.717) is 16.7 Å². The molecule has 3 rings (SSSR count). The molecule has 5 nitrogen and oxygen atoms in total. The summed E-state index contributed by atoms with van der Waals surface area (Å²) in [6.45, 7) is 4.60. The molecule has 29 heavy (non-hydrogen) atoms. The second-order valence-electron chi connectivity index (χ2n) is 6.58. The topological polar surface area (TPSA) is 51.0 Å². The highest BCUT2D eigenvalue weighted by molar-refractivity contribution is 7.99. The molecule has 1 aromatic heterocycles. The molecule has 2 aromatic carbocycles. The summed E-state index contributed by atoms with van der Waals surface area (Å²) in [7, 11) is 1.75. The third kappa shape index (κ3) is 4.97. The highest BCUT2D eigenvalue weighted by Crippen LogP contribution is 2.27. The van der Waals surface area contributed by atoms with Crippen LogP contribution >= 0.6 is 23.4 Å². The average Bonchev–Trinajstić information content (AvgIpc) is 3.14. The van der Waals surface area contributed by atoms with Crippen molar-refractivity contribution in [3.8, 4) is 11.4 Å². The van der Waals surface area contributed by atoms with E-state index in [-0.39, 0.29) is 23.5 Å². The number of benzene rings is 2. The van der Waals surface area contributed by atoms with Crippen molar-refractivity contribution in [2.75, 3.05) is 12.8 Å². The molecule has 1 heterocycles. The summed E-state index contributed by atoms with van der Waals surface area (Å²) < 4.78 is 15.1. The fourth-order valence-electron chi connectivity index (χ4n) is 2.93. The van der Waals surface area contributed by atoms with E-state index in [0.717, 1.165) is 17.0 Å². The van der Waals surface area contributed by atoms with E-state index in [1.807, 2.05) is 42.7 Å². The van der Waals surface area contributed by atoms with Crippen molar-refractivity contribution < 1.29 is 9.18 Å². The van der Waals surface area contributed by atoms with Crippen LogP contribution in [0.4, 0.5) is 4.39 Å². The maximum absolute atomic E-state index is 13.1. The number of amides is 1. The number of carbonyl (C=O) groups is 1. The molecule has 1 atom stereocenters. The summed E-state index contributed by atoms with van der Waals surface area (Å²) in [6, 6.07) is 13.5. The fourth-order valence-corrected chi connectivity index (χ4v) is 4.05. The maximum Gasteiger partial charge on any atom is 0.233 e. The van der Waals surface area contributed by atoms with E-state index in [4.69, 9.17) is 11.6 Å². The standard InChI is InChI=1S/C21H22ClFN4OS/c1-4-27-20(16-6-5-7-17(22)12-16)24-25-21(27)29-13-19(28)26(3)14(2)15-8-10-18(23)11-9-15/h5-12,14H,4,13H2,1-3H3. The lowest BCUT2D eigenvalue weighted by atomic mass is 10.1. The van der Waals surface area contributed by atoms with E-state index in [1.54, 1.807) is 24.1 Å². The van der Waals surface area contributed by atoms with Gasteiger partial charge >= 0.3 is 0 Å². The van der Waals surface area contributed by atoms with E-state index in [1.165, 1.54) is 23.9 Å². The molecule has 0 aliphatic heterocycles. The van der Waals surface area contributed by atoms with Crippen molar-refractivity contribution in [3.05, 3.63) is 64.9 Å². The summed E-state index contributed by atoms with van der Waals surface area (Å²) in [4.78, 5) is 14.3. The Balaban J connectivity index is 1.69. The molecule has 3 aromatic rings. The molecule has 1 unspecified atom stereocenters. The van der Waals surface area contributed by atoms with Crippen LogP contribution in [0.2, 0.25) is 5.02 Å². The van der Waals surface area contributed by atoms with E-state index in [2.05, 4.69) is 10.2 Å². The van der Waals surface area contributed by atoms with E-state index >= 15 is 0 Å². The summed E-state index contributed by atoms with van der Waals surface area (Å²) in [5.74, 6) is 0.620. The van der Waals surface area contributed by atoms with Gasteiger partial charge in [-0.25, -0.2) is 4.39 Å². The lowest BCUT2D eigenvalue weighted by Crippen LogP contribution is -2.31. The van der Waals surface area contributed by atoms with E-state index < -0.39 is 0 Å². The molecule has 8 heteroatoms. The van der Waals surface area contributed by atoms with Gasteiger partial charge in [0.1, 0.15) is 5.82 Å². The zero-order valence-corrected chi connectivity index (χ0v) is 18.0. The van der Waals surface area contributed by atoms with Crippen molar-refractivity contribution in [2.45, 2.75) is 31.6 Å². The van der Waals surface area contributed by atoms with Gasteiger partial charge in [-0.2, -0.15) is 0 Å². The Morgan fingerprint density at radius 3 is 2.62 bits per heavy atom. The van der Waals surface area contributed by atoms with Crippen LogP contribution in [0.15, 0.2) is 53.7 Å². The largest absolute Gasteiger partial charge is 0.338 e. The van der Waals surface area contributed by atoms with Crippen LogP contribution in [0.5, 0.6) is 0 Å². The van der Waals surface area contributed by atoms with Gasteiger partial charge in [0, 0.05) is 24.2 Å². The predicted molar refractivity (Wildman–Crippen MR) is 114 cm³/mol. The lowest BCUT2D eigenvalue weighted by molar-refractivity contribution is -0.128. The van der Waals surface area contributed by atoms with Crippen LogP contribution in [-0.4, -0.2) is 38.4 Å². The number of carbonyl (C=O) groups excluding carboxylic acids is 1. The van der Waals surface area contributed by atoms with Crippen molar-refractivity contribution in [2.24, 2.45) is 0 Å². The highest BCUT2D eigenvalue weighted by Gasteiger charge is 2.20. The molecule has 0 radical (unpaired) electrons. The molecule has 0 saturated carbocycles. The van der Waals surface area contributed by atoms with Gasteiger partial charge in [-0.1, -0.05) is 47.6 Å². The first-order chi connectivity index (χ1) is 13.9. The molecule has 1 amide bonds. The van der Waals surface area contributed by atoms with Crippen LogP contribution in [0.25, 0.3) is 11.4 Å². The number of hydrogen-bond acceptors (Lipinski definition) is 4. The number of aromatic nitrogens is 3. The predicted octanol–water partition coefficient (Wildman–Crippen LogP) is 5.07. The van der Waals surface area contributed by atoms with Crippen LogP contribution in [-0.2, 0) is 11.3 Å². The molecule has 0 N–H and O–H groups in total. The van der Waals surface area contributed by atoms with Crippen molar-refractivity contribution in [1.82, 2.24) is 19.7 Å². The molecular weight excluding hydrogens is 411 g/mol. The fraction of sp³-hybridized carbons (Fsp3) is 0.286. The van der Waals surface area contributed by atoms with Gasteiger partial charge in [-0.3, -0.25) is 4.79 Å². The number of thioether (sulfide) groups is 1. The normalized spacial score (nSPS) is 12.0. The Morgan fingerprint density at radius 2 is 1.97 bits per heavy atom. The highest BCUT2D eigenvalue weighted by atomic mass is 35.5. The molecule has 0 fully saturated rings. The summed E-state index contributed by atoms with van der Waals surface area (Å²) in [5.41, 5.74) is 1.76. The summed E-state index contributed by atoms with van der Waals surface area (Å²) in [5, 5.41) is 9.86. The van der Waals surface area contributed by atoms with Gasteiger partial charge in [-0.15, -0.1) is 10.2 Å². The van der Waals surface area contributed by atoms with Crippen molar-refractivity contribution in [3.63, 3.8) is 0 Å². The minimum absolute atomic E-state index is 0.0400. The third-order valence-corrected chi connectivity index (χ3v) is 5.95. The summed E-state index contributed by atoms with van der Waals surface area (Å²) in [6.07, 6.45) is 0. The average molecular weight is 433 g/mol. The molecule has 0 aliphatic rings. The van der Waals surface area contributed by atoms with Crippen molar-refractivity contribution in [1.29, 1.82) is 0 Å². The first-order valence-corrected chi connectivity index (χ1v) is 10.6. The number of hydrogen-bond donors (Lipinski definition) is 0. The molecule has 0 saturated heterocycles.